The van der Waals surface area contributed by atoms with Crippen molar-refractivity contribution in [2.45, 2.75) is 0 Å². The number of nitrogens with two attached hydrogens (primary N) is 2. The SMILES string of the molecule is Br.CSC(=N)NC(=O)c1nc(Cl)c(N)nc1N. The van der Waals surface area contributed by atoms with Crippen molar-refractivity contribution in [3.8, 4) is 0 Å². The van der Waals surface area contributed by atoms with Crippen LogP contribution >= 0.6 is 40.3 Å². The number of halogens is 2. The summed E-state index contributed by atoms with van der Waals surface area (Å²) in [5, 5.41) is 9.40. The van der Waals surface area contributed by atoms with Gasteiger partial charge in [0.2, 0.25) is 0 Å². The van der Waals surface area contributed by atoms with Gasteiger partial charge < -0.3 is 16.8 Å². The predicted molar refractivity (Wildman–Crippen MR) is 74.9 cm³/mol. The van der Waals surface area contributed by atoms with E-state index in [9.17, 15) is 4.79 Å². The quantitative estimate of drug-likeness (QED) is 0.443. The number of aromatic nitrogens is 2. The number of hydrogen-bond acceptors (Lipinski definition) is 7. The molecule has 10 heteroatoms. The number of thioether (sulfide) groups is 1. The van der Waals surface area contributed by atoms with Crippen molar-refractivity contribution in [2.75, 3.05) is 17.7 Å². The van der Waals surface area contributed by atoms with Crippen LogP contribution in [0.4, 0.5) is 11.6 Å². The monoisotopic (exact) mass is 340 g/mol. The molecule has 0 aliphatic heterocycles. The van der Waals surface area contributed by atoms with E-state index >= 15 is 0 Å². The van der Waals surface area contributed by atoms with E-state index in [0.717, 1.165) is 11.8 Å². The number of anilines is 2. The number of amidine groups is 1. The molecule has 7 nitrogen and oxygen atoms in total. The first-order valence-electron chi connectivity index (χ1n) is 3.98. The lowest BCUT2D eigenvalue weighted by Crippen LogP contribution is -2.29. The number of nitrogen functional groups attached to an aromatic ring is 2. The molecule has 17 heavy (non-hydrogen) atoms. The topological polar surface area (TPSA) is 131 Å². The summed E-state index contributed by atoms with van der Waals surface area (Å²) in [7, 11) is 0. The first kappa shape index (κ1) is 15.9. The Morgan fingerprint density at radius 3 is 2.53 bits per heavy atom. The van der Waals surface area contributed by atoms with Crippen molar-refractivity contribution in [3.63, 3.8) is 0 Å². The number of hydrogen-bond donors (Lipinski definition) is 4. The summed E-state index contributed by atoms with van der Waals surface area (Å²) < 4.78 is 0. The van der Waals surface area contributed by atoms with Crippen LogP contribution in [0.1, 0.15) is 10.5 Å². The van der Waals surface area contributed by atoms with Crippen LogP contribution in [0.3, 0.4) is 0 Å². The molecule has 1 rings (SSSR count). The fourth-order valence-electron chi connectivity index (χ4n) is 0.822. The van der Waals surface area contributed by atoms with Crippen LogP contribution in [-0.2, 0) is 0 Å². The average Bonchev–Trinajstić information content (AvgIpc) is 2.23. The van der Waals surface area contributed by atoms with Crippen molar-refractivity contribution in [1.29, 1.82) is 5.41 Å². The minimum Gasteiger partial charge on any atom is -0.382 e. The molecule has 1 aromatic heterocycles. The Hall–Kier alpha value is -1.06. The molecule has 0 spiro atoms. The maximum absolute atomic E-state index is 11.6. The van der Waals surface area contributed by atoms with Gasteiger partial charge in [-0.15, -0.1) is 17.0 Å². The molecular formula is C7H10BrClN6OS. The highest BCUT2D eigenvalue weighted by Gasteiger charge is 2.16. The van der Waals surface area contributed by atoms with E-state index in [0.29, 0.717) is 0 Å². The van der Waals surface area contributed by atoms with Crippen LogP contribution in [0.25, 0.3) is 0 Å². The average molecular weight is 342 g/mol. The van der Waals surface area contributed by atoms with Gasteiger partial charge in [-0.1, -0.05) is 23.4 Å². The Labute approximate surface area is 117 Å². The fourth-order valence-corrected chi connectivity index (χ4v) is 1.14. The second-order valence-corrected chi connectivity index (χ2v) is 3.80. The summed E-state index contributed by atoms with van der Waals surface area (Å²) in [4.78, 5) is 18.9. The third kappa shape index (κ3) is 4.02. The zero-order valence-corrected chi connectivity index (χ0v) is 11.9. The Bertz CT molecular complexity index is 456. The van der Waals surface area contributed by atoms with Gasteiger partial charge >= 0.3 is 0 Å². The molecule has 1 amide bonds. The third-order valence-corrected chi connectivity index (χ3v) is 2.34. The minimum absolute atomic E-state index is 0. The highest BCUT2D eigenvalue weighted by Crippen LogP contribution is 2.17. The van der Waals surface area contributed by atoms with E-state index in [2.05, 4.69) is 15.3 Å². The molecule has 6 N–H and O–H groups in total. The highest BCUT2D eigenvalue weighted by atomic mass is 79.9. The van der Waals surface area contributed by atoms with Gasteiger partial charge in [0, 0.05) is 0 Å². The van der Waals surface area contributed by atoms with Gasteiger partial charge in [-0.3, -0.25) is 10.2 Å². The minimum atomic E-state index is -0.647. The smallest absolute Gasteiger partial charge is 0.279 e. The van der Waals surface area contributed by atoms with Crippen LogP contribution in [0.5, 0.6) is 0 Å². The second kappa shape index (κ2) is 6.62. The predicted octanol–water partition coefficient (Wildman–Crippen LogP) is 0.900. The number of carbonyl (C=O) groups is 1. The lowest BCUT2D eigenvalue weighted by Gasteiger charge is -2.06. The van der Waals surface area contributed by atoms with Gasteiger partial charge in [0.1, 0.15) is 0 Å². The van der Waals surface area contributed by atoms with E-state index in [1.165, 1.54) is 0 Å². The third-order valence-electron chi connectivity index (χ3n) is 1.55. The zero-order chi connectivity index (χ0) is 12.3. The number of amides is 1. The number of rotatable bonds is 1. The van der Waals surface area contributed by atoms with E-state index in [1.807, 2.05) is 0 Å². The van der Waals surface area contributed by atoms with Gasteiger partial charge in [-0.2, -0.15) is 0 Å². The van der Waals surface area contributed by atoms with Gasteiger partial charge in [0.25, 0.3) is 5.91 Å². The molecule has 0 radical (unpaired) electrons. The Morgan fingerprint density at radius 2 is 2.00 bits per heavy atom. The first-order valence-corrected chi connectivity index (χ1v) is 5.58. The van der Waals surface area contributed by atoms with Crippen LogP contribution in [-0.4, -0.2) is 27.3 Å². The highest BCUT2D eigenvalue weighted by molar-refractivity contribution is 8.93. The Balaban J connectivity index is 0.00000256. The molecule has 0 fully saturated rings. The number of carbonyl (C=O) groups excluding carboxylic acids is 1. The second-order valence-electron chi connectivity index (χ2n) is 2.62. The van der Waals surface area contributed by atoms with Crippen molar-refractivity contribution in [2.24, 2.45) is 0 Å². The molecule has 0 aromatic carbocycles. The van der Waals surface area contributed by atoms with E-state index in [4.69, 9.17) is 28.5 Å². The summed E-state index contributed by atoms with van der Waals surface area (Å²) >= 11 is 6.67. The van der Waals surface area contributed by atoms with E-state index < -0.39 is 5.91 Å². The molecule has 1 heterocycles. The van der Waals surface area contributed by atoms with Gasteiger partial charge in [0.05, 0.1) is 0 Å². The van der Waals surface area contributed by atoms with Gasteiger partial charge in [-0.25, -0.2) is 9.97 Å². The molecule has 0 aliphatic rings. The fraction of sp³-hybridized carbons (Fsp3) is 0.143. The molecule has 0 bridgehead atoms. The molecular weight excluding hydrogens is 332 g/mol. The van der Waals surface area contributed by atoms with Crippen molar-refractivity contribution < 1.29 is 4.79 Å². The first-order chi connectivity index (χ1) is 7.45. The summed E-state index contributed by atoms with van der Waals surface area (Å²) in [5.74, 6) is -0.824. The standard InChI is InChI=1S/C7H9ClN6OS.BrH/c1-16-7(11)14-6(15)2-4(9)13-5(10)3(8)12-2;/h1H3,(H4,9,10,13)(H2,11,14,15);1H. The van der Waals surface area contributed by atoms with Crippen LogP contribution in [0.2, 0.25) is 5.15 Å². The summed E-state index contributed by atoms with van der Waals surface area (Å²) in [6.07, 6.45) is 1.65. The van der Waals surface area contributed by atoms with Crippen LogP contribution in [0, 0.1) is 5.41 Å². The molecule has 0 atom stereocenters. The van der Waals surface area contributed by atoms with E-state index in [1.54, 1.807) is 6.26 Å². The lowest BCUT2D eigenvalue weighted by atomic mass is 10.4. The lowest BCUT2D eigenvalue weighted by molar-refractivity contribution is 0.0973. The zero-order valence-electron chi connectivity index (χ0n) is 8.65. The number of nitrogens with one attached hydrogen (secondary N) is 2. The molecule has 0 aliphatic carbocycles. The maximum atomic E-state index is 11.6. The molecule has 94 valence electrons. The number of nitrogens with zero attached hydrogens (tertiary/aromatic N) is 2. The van der Waals surface area contributed by atoms with E-state index in [-0.39, 0.29) is 44.6 Å². The van der Waals surface area contributed by atoms with Crippen LogP contribution < -0.4 is 16.8 Å². The Morgan fingerprint density at radius 1 is 1.41 bits per heavy atom. The molecule has 0 saturated heterocycles. The Kier molecular flexibility index (Phi) is 6.21. The molecule has 1 aromatic rings. The normalized spacial score (nSPS) is 9.29. The van der Waals surface area contributed by atoms with Crippen LogP contribution in [0.15, 0.2) is 0 Å². The molecule has 0 unspecified atom stereocenters. The van der Waals surface area contributed by atoms with Crippen molar-refractivity contribution in [1.82, 2.24) is 15.3 Å². The maximum Gasteiger partial charge on any atom is 0.279 e. The van der Waals surface area contributed by atoms with Gasteiger partial charge in [-0.05, 0) is 6.26 Å². The summed E-state index contributed by atoms with van der Waals surface area (Å²) in [6, 6.07) is 0. The van der Waals surface area contributed by atoms with Crippen molar-refractivity contribution >= 4 is 63.1 Å². The summed E-state index contributed by atoms with van der Waals surface area (Å²) in [5.41, 5.74) is 10.7. The van der Waals surface area contributed by atoms with Crippen molar-refractivity contribution in [3.05, 3.63) is 10.8 Å². The largest absolute Gasteiger partial charge is 0.382 e. The molecule has 0 saturated carbocycles. The summed E-state index contributed by atoms with van der Waals surface area (Å²) in [6.45, 7) is 0. The van der Waals surface area contributed by atoms with Gasteiger partial charge in [0.15, 0.2) is 27.7 Å².